The average molecular weight is 413 g/mol. The molecule has 3 rings (SSSR count). The van der Waals surface area contributed by atoms with Crippen LogP contribution in [0.5, 0.6) is 5.75 Å². The Morgan fingerprint density at radius 3 is 2.41 bits per heavy atom. The number of benzene rings is 1. The van der Waals surface area contributed by atoms with Crippen LogP contribution in [0.25, 0.3) is 0 Å². The third kappa shape index (κ3) is 4.94. The van der Waals surface area contributed by atoms with Crippen LogP contribution in [0.4, 0.5) is 0 Å². The molecule has 2 atom stereocenters. The van der Waals surface area contributed by atoms with Crippen LogP contribution in [0.3, 0.4) is 0 Å². The molecular formula is C21H33ClN2O2S. The molecule has 1 aromatic rings. The highest BCUT2D eigenvalue weighted by Crippen LogP contribution is 2.45. The molecule has 27 heavy (non-hydrogen) atoms. The normalized spacial score (nSPS) is 21.6. The number of hydrogen-bond donors (Lipinski definition) is 2. The molecule has 0 bridgehead atoms. The lowest BCUT2D eigenvalue weighted by molar-refractivity contribution is 0.297. The van der Waals surface area contributed by atoms with Crippen molar-refractivity contribution in [2.24, 2.45) is 5.92 Å². The van der Waals surface area contributed by atoms with E-state index in [9.17, 15) is 4.55 Å². The molecule has 2 N–H and O–H groups in total. The van der Waals surface area contributed by atoms with E-state index in [0.717, 1.165) is 42.3 Å². The lowest BCUT2D eigenvalue weighted by Crippen LogP contribution is -2.45. The van der Waals surface area contributed by atoms with Gasteiger partial charge in [0.25, 0.3) is 0 Å². The predicted molar refractivity (Wildman–Crippen MR) is 114 cm³/mol. The van der Waals surface area contributed by atoms with Crippen molar-refractivity contribution in [1.82, 2.24) is 10.0 Å². The van der Waals surface area contributed by atoms with Crippen LogP contribution in [0, 0.1) is 5.92 Å². The molecule has 0 radical (unpaired) electrons. The Hall–Kier alpha value is -0.460. The third-order valence-corrected chi connectivity index (χ3v) is 7.78. The van der Waals surface area contributed by atoms with Crippen molar-refractivity contribution in [2.45, 2.75) is 69.6 Å². The van der Waals surface area contributed by atoms with Gasteiger partial charge in [0.1, 0.15) is 10.5 Å². The van der Waals surface area contributed by atoms with Crippen LogP contribution in [-0.2, 0) is 11.4 Å². The number of halogens is 1. The maximum Gasteiger partial charge on any atom is 0.136 e. The maximum atomic E-state index is 12.9. The standard InChI is InChI=1S/C21H33ClN2O2S/c1-21(2,3)27(25)24-20(15-8-10-23-11-9-15)17-12-18(22)16(13-19(17)26-4)14-6-5-7-14/h12-15,20,23-24H,5-11H2,1-4H3/t20?,27-/m0/s1. The molecule has 1 heterocycles. The molecule has 1 saturated carbocycles. The first-order chi connectivity index (χ1) is 12.8. The number of methoxy groups -OCH3 is 1. The fourth-order valence-corrected chi connectivity index (χ4v) is 5.15. The van der Waals surface area contributed by atoms with E-state index in [1.165, 1.54) is 24.8 Å². The van der Waals surface area contributed by atoms with E-state index < -0.39 is 11.4 Å². The Kier molecular flexibility index (Phi) is 7.02. The summed E-state index contributed by atoms with van der Waals surface area (Å²) in [6, 6.07) is 4.15. The summed E-state index contributed by atoms with van der Waals surface area (Å²) in [6.45, 7) is 7.97. The van der Waals surface area contributed by atoms with E-state index in [1.807, 2.05) is 20.8 Å². The zero-order valence-corrected chi connectivity index (χ0v) is 18.5. The smallest absolute Gasteiger partial charge is 0.136 e. The van der Waals surface area contributed by atoms with Gasteiger partial charge in [-0.2, -0.15) is 0 Å². The Balaban J connectivity index is 1.95. The third-order valence-electron chi connectivity index (χ3n) is 5.87. The number of nitrogens with one attached hydrogen (secondary N) is 2. The summed E-state index contributed by atoms with van der Waals surface area (Å²) in [4.78, 5) is 0. The number of ether oxygens (including phenoxy) is 1. The lowest BCUT2D eigenvalue weighted by atomic mass is 9.78. The van der Waals surface area contributed by atoms with Crippen molar-refractivity contribution < 1.29 is 9.29 Å². The van der Waals surface area contributed by atoms with Gasteiger partial charge in [-0.1, -0.05) is 18.0 Å². The van der Waals surface area contributed by atoms with E-state index >= 15 is 0 Å². The lowest BCUT2D eigenvalue weighted by Gasteiger charge is -2.35. The number of hydrogen-bond acceptors (Lipinski definition) is 4. The fourth-order valence-electron chi connectivity index (χ4n) is 3.92. The molecule has 1 unspecified atom stereocenters. The van der Waals surface area contributed by atoms with E-state index in [4.69, 9.17) is 16.3 Å². The van der Waals surface area contributed by atoms with Crippen molar-refractivity contribution in [3.05, 3.63) is 28.3 Å². The molecule has 2 aliphatic rings. The summed E-state index contributed by atoms with van der Waals surface area (Å²) < 4.78 is 21.8. The first-order valence-electron chi connectivity index (χ1n) is 10.1. The molecule has 0 amide bonds. The summed E-state index contributed by atoms with van der Waals surface area (Å²) in [5.41, 5.74) is 2.24. The van der Waals surface area contributed by atoms with Crippen molar-refractivity contribution >= 4 is 23.0 Å². The highest BCUT2D eigenvalue weighted by atomic mass is 35.5. The Morgan fingerprint density at radius 1 is 1.22 bits per heavy atom. The zero-order chi connectivity index (χ0) is 19.6. The second-order valence-electron chi connectivity index (χ2n) is 8.81. The van der Waals surface area contributed by atoms with Crippen LogP contribution < -0.4 is 14.8 Å². The topological polar surface area (TPSA) is 56.3 Å². The average Bonchev–Trinajstić information content (AvgIpc) is 2.59. The van der Waals surface area contributed by atoms with E-state index in [2.05, 4.69) is 22.2 Å². The quantitative estimate of drug-likeness (QED) is 0.664. The highest BCUT2D eigenvalue weighted by Gasteiger charge is 2.36. The van der Waals surface area contributed by atoms with Crippen molar-refractivity contribution in [3.63, 3.8) is 0 Å². The Morgan fingerprint density at radius 2 is 1.89 bits per heavy atom. The van der Waals surface area contributed by atoms with E-state index in [-0.39, 0.29) is 10.8 Å². The minimum Gasteiger partial charge on any atom is -0.598 e. The molecule has 1 aliphatic carbocycles. The van der Waals surface area contributed by atoms with E-state index in [0.29, 0.717) is 11.8 Å². The highest BCUT2D eigenvalue weighted by molar-refractivity contribution is 7.90. The van der Waals surface area contributed by atoms with Crippen molar-refractivity contribution in [2.75, 3.05) is 20.2 Å². The molecular weight excluding hydrogens is 380 g/mol. The molecule has 1 aliphatic heterocycles. The molecule has 4 nitrogen and oxygen atoms in total. The van der Waals surface area contributed by atoms with Gasteiger partial charge in [0.05, 0.1) is 13.2 Å². The van der Waals surface area contributed by atoms with Crippen LogP contribution >= 0.6 is 11.6 Å². The first-order valence-corrected chi connectivity index (χ1v) is 11.6. The fraction of sp³-hybridized carbons (Fsp3) is 0.714. The SMILES string of the molecule is COc1cc(C2CCC2)c(Cl)cc1C(N[S@@+]([O-])C(C)(C)C)C1CCNCC1. The van der Waals surface area contributed by atoms with Gasteiger partial charge >= 0.3 is 0 Å². The van der Waals surface area contributed by atoms with Crippen molar-refractivity contribution in [3.8, 4) is 5.75 Å². The van der Waals surface area contributed by atoms with Crippen LogP contribution in [0.1, 0.15) is 76.0 Å². The summed E-state index contributed by atoms with van der Waals surface area (Å²) in [7, 11) is 1.72. The number of rotatable bonds is 6. The minimum atomic E-state index is -1.16. The molecule has 0 spiro atoms. The molecule has 0 aromatic heterocycles. The zero-order valence-electron chi connectivity index (χ0n) is 16.9. The maximum absolute atomic E-state index is 12.9. The van der Waals surface area contributed by atoms with Gasteiger partial charge < -0.3 is 14.6 Å². The Labute approximate surface area is 172 Å². The molecule has 1 saturated heterocycles. The monoisotopic (exact) mass is 412 g/mol. The van der Waals surface area contributed by atoms with Gasteiger partial charge in [-0.3, -0.25) is 0 Å². The molecule has 2 fully saturated rings. The summed E-state index contributed by atoms with van der Waals surface area (Å²) in [6.07, 6.45) is 5.77. The molecule has 6 heteroatoms. The van der Waals surface area contributed by atoms with Gasteiger partial charge in [-0.25, -0.2) is 0 Å². The first kappa shape index (κ1) is 21.3. The van der Waals surface area contributed by atoms with Gasteiger partial charge in [0.15, 0.2) is 0 Å². The number of piperidine rings is 1. The summed E-state index contributed by atoms with van der Waals surface area (Å²) >= 11 is 5.54. The summed E-state index contributed by atoms with van der Waals surface area (Å²) in [5.74, 6) is 1.81. The second-order valence-corrected chi connectivity index (χ2v) is 11.2. The van der Waals surface area contributed by atoms with Gasteiger partial charge in [0.2, 0.25) is 0 Å². The minimum absolute atomic E-state index is 0.0324. The predicted octanol–water partition coefficient (Wildman–Crippen LogP) is 4.71. The van der Waals surface area contributed by atoms with Crippen LogP contribution in [0.2, 0.25) is 5.02 Å². The van der Waals surface area contributed by atoms with Crippen LogP contribution in [-0.4, -0.2) is 29.5 Å². The summed E-state index contributed by atoms with van der Waals surface area (Å²) in [5, 5.41) is 4.24. The van der Waals surface area contributed by atoms with E-state index in [1.54, 1.807) is 7.11 Å². The Bertz CT molecular complexity index is 640. The van der Waals surface area contributed by atoms with Gasteiger partial charge in [-0.15, -0.1) is 4.72 Å². The second kappa shape index (κ2) is 8.91. The van der Waals surface area contributed by atoms with Crippen LogP contribution in [0.15, 0.2) is 12.1 Å². The van der Waals surface area contributed by atoms with Gasteiger partial charge in [0, 0.05) is 21.9 Å². The molecule has 152 valence electrons. The van der Waals surface area contributed by atoms with Gasteiger partial charge in [-0.05, 0) is 89.1 Å². The largest absolute Gasteiger partial charge is 0.598 e. The van der Waals surface area contributed by atoms with Crippen molar-refractivity contribution in [1.29, 1.82) is 0 Å². The molecule has 1 aromatic carbocycles.